The van der Waals surface area contributed by atoms with E-state index in [1.807, 2.05) is 6.92 Å². The number of nitrogens with one attached hydrogen (secondary N) is 1. The number of carbonyl (C=O) groups excluding carboxylic acids is 1. The van der Waals surface area contributed by atoms with Gasteiger partial charge in [-0.25, -0.2) is 0 Å². The molecule has 20 heavy (non-hydrogen) atoms. The molecule has 0 fully saturated rings. The summed E-state index contributed by atoms with van der Waals surface area (Å²) in [5.74, 6) is 0.565. The Morgan fingerprint density at radius 3 is 3.15 bits per heavy atom. The molecule has 6 heteroatoms. The Morgan fingerprint density at radius 1 is 1.50 bits per heavy atom. The van der Waals surface area contributed by atoms with Crippen LogP contribution in [0.15, 0.2) is 18.3 Å². The molecule has 0 saturated carbocycles. The summed E-state index contributed by atoms with van der Waals surface area (Å²) in [5, 5.41) is 7.22. The van der Waals surface area contributed by atoms with Crippen molar-refractivity contribution in [2.75, 3.05) is 13.7 Å². The molecular weight excluding hydrogens is 256 g/mol. The summed E-state index contributed by atoms with van der Waals surface area (Å²) >= 11 is 0. The smallest absolute Gasteiger partial charge is 0.272 e. The van der Waals surface area contributed by atoms with Crippen LogP contribution in [0.25, 0.3) is 0 Å². The maximum atomic E-state index is 12.5. The minimum Gasteiger partial charge on any atom is -0.497 e. The molecule has 0 saturated heterocycles. The van der Waals surface area contributed by atoms with E-state index in [-0.39, 0.29) is 5.91 Å². The molecule has 0 aliphatic carbocycles. The van der Waals surface area contributed by atoms with Crippen molar-refractivity contribution in [1.29, 1.82) is 0 Å². The molecule has 2 aromatic rings. The third-order valence-corrected chi connectivity index (χ3v) is 3.60. The maximum absolute atomic E-state index is 12.5. The van der Waals surface area contributed by atoms with Crippen LogP contribution in [0.5, 0.6) is 5.75 Å². The summed E-state index contributed by atoms with van der Waals surface area (Å²) in [7, 11) is 1.57. The van der Waals surface area contributed by atoms with E-state index < -0.39 is 0 Å². The number of fused-ring (bicyclic) bond motifs is 1. The van der Waals surface area contributed by atoms with Gasteiger partial charge in [0, 0.05) is 43.0 Å². The summed E-state index contributed by atoms with van der Waals surface area (Å²) in [6, 6.07) is 3.39. The van der Waals surface area contributed by atoms with Gasteiger partial charge in [-0.2, -0.15) is 5.10 Å². The van der Waals surface area contributed by atoms with E-state index in [9.17, 15) is 4.79 Å². The van der Waals surface area contributed by atoms with Gasteiger partial charge in [0.15, 0.2) is 0 Å². The van der Waals surface area contributed by atoms with Crippen molar-refractivity contribution in [3.63, 3.8) is 0 Å². The molecule has 1 amide bonds. The van der Waals surface area contributed by atoms with Gasteiger partial charge < -0.3 is 9.64 Å². The quantitative estimate of drug-likeness (QED) is 0.895. The summed E-state index contributed by atoms with van der Waals surface area (Å²) in [6.45, 7) is 3.22. The van der Waals surface area contributed by atoms with Gasteiger partial charge in [0.2, 0.25) is 0 Å². The van der Waals surface area contributed by atoms with Crippen LogP contribution in [0, 0.1) is 6.92 Å². The first kappa shape index (κ1) is 12.7. The summed E-state index contributed by atoms with van der Waals surface area (Å²) in [6.07, 6.45) is 2.36. The zero-order chi connectivity index (χ0) is 14.1. The van der Waals surface area contributed by atoms with E-state index in [0.29, 0.717) is 24.5 Å². The highest BCUT2D eigenvalue weighted by Crippen LogP contribution is 2.21. The zero-order valence-corrected chi connectivity index (χ0v) is 11.5. The average Bonchev–Trinajstić information content (AvgIpc) is 2.87. The number of aromatic amines is 1. The van der Waals surface area contributed by atoms with Gasteiger partial charge >= 0.3 is 0 Å². The normalized spacial score (nSPS) is 14.0. The topological polar surface area (TPSA) is 71.1 Å². The lowest BCUT2D eigenvalue weighted by atomic mass is 10.1. The molecule has 1 N–H and O–H groups in total. The van der Waals surface area contributed by atoms with Crippen molar-refractivity contribution >= 4 is 5.91 Å². The van der Waals surface area contributed by atoms with Crippen LogP contribution in [0.4, 0.5) is 0 Å². The van der Waals surface area contributed by atoms with Gasteiger partial charge in [-0.05, 0) is 13.0 Å². The first-order chi connectivity index (χ1) is 9.69. The Labute approximate surface area is 116 Å². The summed E-state index contributed by atoms with van der Waals surface area (Å²) in [5.41, 5.74) is 3.61. The lowest BCUT2D eigenvalue weighted by molar-refractivity contribution is 0.0727. The molecule has 6 nitrogen and oxygen atoms in total. The minimum atomic E-state index is -0.0739. The number of carbonyl (C=O) groups is 1. The molecular formula is C14H16N4O2. The fourth-order valence-corrected chi connectivity index (χ4v) is 2.42. The highest BCUT2D eigenvalue weighted by atomic mass is 16.5. The fraction of sp³-hybridized carbons (Fsp3) is 0.357. The highest BCUT2D eigenvalue weighted by Gasteiger charge is 2.25. The average molecular weight is 272 g/mol. The molecule has 3 heterocycles. The number of hydrogen-bond donors (Lipinski definition) is 1. The van der Waals surface area contributed by atoms with Gasteiger partial charge in [0.25, 0.3) is 5.91 Å². The maximum Gasteiger partial charge on any atom is 0.272 e. The largest absolute Gasteiger partial charge is 0.497 e. The number of amides is 1. The van der Waals surface area contributed by atoms with E-state index in [0.717, 1.165) is 23.4 Å². The van der Waals surface area contributed by atoms with Crippen molar-refractivity contribution in [1.82, 2.24) is 20.1 Å². The number of rotatable bonds is 2. The van der Waals surface area contributed by atoms with Crippen molar-refractivity contribution < 1.29 is 9.53 Å². The van der Waals surface area contributed by atoms with Crippen LogP contribution in [-0.4, -0.2) is 39.6 Å². The molecule has 0 atom stereocenters. The lowest BCUT2D eigenvalue weighted by Gasteiger charge is -2.26. The molecule has 0 aromatic carbocycles. The third-order valence-electron chi connectivity index (χ3n) is 3.60. The Bertz CT molecular complexity index is 650. The van der Waals surface area contributed by atoms with Crippen molar-refractivity contribution in [2.24, 2.45) is 0 Å². The number of aryl methyl sites for hydroxylation is 1. The van der Waals surface area contributed by atoms with Crippen LogP contribution < -0.4 is 4.74 Å². The number of H-pyrrole nitrogens is 1. The Hall–Kier alpha value is -2.37. The van der Waals surface area contributed by atoms with Crippen LogP contribution in [0.2, 0.25) is 0 Å². The third kappa shape index (κ3) is 2.13. The van der Waals surface area contributed by atoms with Crippen molar-refractivity contribution in [3.05, 3.63) is 41.0 Å². The Balaban J connectivity index is 1.83. The van der Waals surface area contributed by atoms with Crippen molar-refractivity contribution in [3.8, 4) is 5.75 Å². The molecule has 0 spiro atoms. The van der Waals surface area contributed by atoms with Crippen LogP contribution in [0.3, 0.4) is 0 Å². The SMILES string of the molecule is COc1ccnc(C(=O)N2CCc3n[nH]c(C)c3C2)c1. The number of nitrogens with zero attached hydrogens (tertiary/aromatic N) is 3. The lowest BCUT2D eigenvalue weighted by Crippen LogP contribution is -2.36. The van der Waals surface area contributed by atoms with Gasteiger partial charge in [-0.15, -0.1) is 0 Å². The second-order valence-electron chi connectivity index (χ2n) is 4.83. The Kier molecular flexibility index (Phi) is 3.14. The molecule has 0 unspecified atom stereocenters. The monoisotopic (exact) mass is 272 g/mol. The van der Waals surface area contributed by atoms with Crippen LogP contribution in [0.1, 0.15) is 27.4 Å². The number of ether oxygens (including phenoxy) is 1. The standard InChI is InChI=1S/C14H16N4O2/c1-9-11-8-18(6-4-12(11)17-16-9)14(19)13-7-10(20-2)3-5-15-13/h3,5,7H,4,6,8H2,1-2H3,(H,16,17). The predicted molar refractivity (Wildman–Crippen MR) is 72.6 cm³/mol. The second-order valence-corrected chi connectivity index (χ2v) is 4.83. The first-order valence-electron chi connectivity index (χ1n) is 6.51. The van der Waals surface area contributed by atoms with Gasteiger partial charge in [0.1, 0.15) is 11.4 Å². The second kappa shape index (κ2) is 4.96. The molecule has 0 radical (unpaired) electrons. The number of pyridine rings is 1. The molecule has 0 bridgehead atoms. The molecule has 3 rings (SSSR count). The van der Waals surface area contributed by atoms with Crippen molar-refractivity contribution in [2.45, 2.75) is 19.9 Å². The van der Waals surface area contributed by atoms with E-state index in [1.165, 1.54) is 0 Å². The summed E-state index contributed by atoms with van der Waals surface area (Å²) in [4.78, 5) is 18.4. The number of hydrogen-bond acceptors (Lipinski definition) is 4. The van der Waals surface area contributed by atoms with Crippen LogP contribution in [-0.2, 0) is 13.0 Å². The first-order valence-corrected chi connectivity index (χ1v) is 6.51. The van der Waals surface area contributed by atoms with Gasteiger partial charge in [-0.1, -0.05) is 0 Å². The number of aromatic nitrogens is 3. The van der Waals surface area contributed by atoms with E-state index in [2.05, 4.69) is 15.2 Å². The molecule has 1 aliphatic rings. The van der Waals surface area contributed by atoms with Gasteiger partial charge in [0.05, 0.1) is 12.8 Å². The molecule has 104 valence electrons. The highest BCUT2D eigenvalue weighted by molar-refractivity contribution is 5.92. The molecule has 1 aliphatic heterocycles. The zero-order valence-electron chi connectivity index (χ0n) is 11.5. The fourth-order valence-electron chi connectivity index (χ4n) is 2.42. The predicted octanol–water partition coefficient (Wildman–Crippen LogP) is 1.32. The number of methoxy groups -OCH3 is 1. The van der Waals surface area contributed by atoms with Gasteiger partial charge in [-0.3, -0.25) is 14.9 Å². The molecule has 2 aromatic heterocycles. The van der Waals surface area contributed by atoms with E-state index in [1.54, 1.807) is 30.3 Å². The Morgan fingerprint density at radius 2 is 2.35 bits per heavy atom. The van der Waals surface area contributed by atoms with E-state index in [4.69, 9.17) is 4.74 Å². The van der Waals surface area contributed by atoms with E-state index >= 15 is 0 Å². The summed E-state index contributed by atoms with van der Waals surface area (Å²) < 4.78 is 5.13. The van der Waals surface area contributed by atoms with Crippen LogP contribution >= 0.6 is 0 Å². The minimum absolute atomic E-state index is 0.0739.